The third kappa shape index (κ3) is 2.97. The smallest absolute Gasteiger partial charge is 0.355 e. The highest BCUT2D eigenvalue weighted by Gasteiger charge is 2.25. The number of nitrogens with one attached hydrogen (secondary N) is 1. The van der Waals surface area contributed by atoms with Crippen molar-refractivity contribution in [1.29, 1.82) is 0 Å². The van der Waals surface area contributed by atoms with Gasteiger partial charge in [-0.25, -0.2) is 4.79 Å². The van der Waals surface area contributed by atoms with Crippen LogP contribution >= 0.6 is 0 Å². The number of carbonyl (C=O) groups excluding carboxylic acids is 2. The van der Waals surface area contributed by atoms with Crippen molar-refractivity contribution in [3.63, 3.8) is 0 Å². The zero-order valence-electron chi connectivity index (χ0n) is 12.3. The fourth-order valence-electron chi connectivity index (χ4n) is 2.13. The minimum absolute atomic E-state index is 0.136. The van der Waals surface area contributed by atoms with Crippen LogP contribution in [0.15, 0.2) is 0 Å². The van der Waals surface area contributed by atoms with Crippen molar-refractivity contribution in [2.45, 2.75) is 34.1 Å². The second-order valence-corrected chi connectivity index (χ2v) is 4.47. The maximum Gasteiger partial charge on any atom is 0.355 e. The number of rotatable bonds is 5. The van der Waals surface area contributed by atoms with E-state index in [0.29, 0.717) is 30.0 Å². The first-order valence-corrected chi connectivity index (χ1v) is 6.56. The summed E-state index contributed by atoms with van der Waals surface area (Å²) in [5, 5.41) is 2.84. The van der Waals surface area contributed by atoms with Crippen molar-refractivity contribution in [2.75, 3.05) is 13.2 Å². The molecule has 1 rings (SSSR count). The Kier molecular flexibility index (Phi) is 5.15. The Morgan fingerprint density at radius 1 is 1.26 bits per heavy atom. The number of hydrogen-bond acceptors (Lipinski definition) is 3. The fourth-order valence-corrected chi connectivity index (χ4v) is 2.13. The molecule has 0 bridgehead atoms. The van der Waals surface area contributed by atoms with E-state index >= 15 is 0 Å². The quantitative estimate of drug-likeness (QED) is 0.829. The molecular formula is C14H22N2O3. The monoisotopic (exact) mass is 266 g/mol. The molecule has 1 amide bonds. The van der Waals surface area contributed by atoms with Crippen molar-refractivity contribution >= 4 is 11.9 Å². The predicted octanol–water partition coefficient (Wildman–Crippen LogP) is 1.96. The molecule has 0 unspecified atom stereocenters. The van der Waals surface area contributed by atoms with Gasteiger partial charge in [0.1, 0.15) is 5.69 Å². The molecule has 1 aromatic rings. The highest BCUT2D eigenvalue weighted by atomic mass is 16.5. The Morgan fingerprint density at radius 2 is 1.89 bits per heavy atom. The lowest BCUT2D eigenvalue weighted by atomic mass is 10.1. The highest BCUT2D eigenvalue weighted by molar-refractivity contribution is 6.01. The van der Waals surface area contributed by atoms with Crippen LogP contribution in [0.25, 0.3) is 0 Å². The van der Waals surface area contributed by atoms with Gasteiger partial charge in [0.15, 0.2) is 0 Å². The molecule has 0 spiro atoms. The number of esters is 1. The van der Waals surface area contributed by atoms with Crippen molar-refractivity contribution in [1.82, 2.24) is 9.88 Å². The van der Waals surface area contributed by atoms with E-state index in [-0.39, 0.29) is 11.9 Å². The molecule has 19 heavy (non-hydrogen) atoms. The largest absolute Gasteiger partial charge is 0.461 e. The standard InChI is InChI=1S/C14H22N2O3/c1-6-8-15-13(17)11-9(3)12(14(18)19-7-2)16(5)10(11)4/h6-8H2,1-5H3,(H,15,17). The number of ether oxygens (including phenoxy) is 1. The van der Waals surface area contributed by atoms with Gasteiger partial charge in [0.2, 0.25) is 0 Å². The SMILES string of the molecule is CCCNC(=O)c1c(C)c(C(=O)OCC)n(C)c1C. The average Bonchev–Trinajstić information content (AvgIpc) is 2.58. The summed E-state index contributed by atoms with van der Waals surface area (Å²) in [7, 11) is 1.77. The molecule has 1 N–H and O–H groups in total. The molecule has 106 valence electrons. The molecule has 0 saturated heterocycles. The van der Waals surface area contributed by atoms with Gasteiger partial charge in [0, 0.05) is 19.3 Å². The van der Waals surface area contributed by atoms with E-state index in [9.17, 15) is 9.59 Å². The number of aromatic nitrogens is 1. The van der Waals surface area contributed by atoms with Crippen molar-refractivity contribution in [3.8, 4) is 0 Å². The number of hydrogen-bond donors (Lipinski definition) is 1. The zero-order chi connectivity index (χ0) is 14.6. The molecule has 0 aliphatic carbocycles. The van der Waals surface area contributed by atoms with Crippen molar-refractivity contribution < 1.29 is 14.3 Å². The highest BCUT2D eigenvalue weighted by Crippen LogP contribution is 2.21. The Morgan fingerprint density at radius 3 is 2.42 bits per heavy atom. The summed E-state index contributed by atoms with van der Waals surface area (Å²) in [6, 6.07) is 0. The molecule has 5 heteroatoms. The number of nitrogens with zero attached hydrogens (tertiary/aromatic N) is 1. The molecule has 0 aliphatic rings. The maximum absolute atomic E-state index is 12.1. The molecule has 1 heterocycles. The third-order valence-electron chi connectivity index (χ3n) is 3.16. The van der Waals surface area contributed by atoms with Crippen LogP contribution in [0, 0.1) is 13.8 Å². The van der Waals surface area contributed by atoms with Crippen LogP contribution in [0.1, 0.15) is 52.4 Å². The Balaban J connectivity index is 3.18. The van der Waals surface area contributed by atoms with Crippen molar-refractivity contribution in [3.05, 3.63) is 22.5 Å². The Hall–Kier alpha value is -1.78. The lowest BCUT2D eigenvalue weighted by Crippen LogP contribution is -2.25. The Bertz CT molecular complexity index is 489. The lowest BCUT2D eigenvalue weighted by Gasteiger charge is -2.05. The second-order valence-electron chi connectivity index (χ2n) is 4.47. The van der Waals surface area contributed by atoms with E-state index in [1.807, 2.05) is 13.8 Å². The van der Waals surface area contributed by atoms with Gasteiger partial charge >= 0.3 is 5.97 Å². The lowest BCUT2D eigenvalue weighted by molar-refractivity contribution is 0.0514. The van der Waals surface area contributed by atoms with Crippen LogP contribution in [0.5, 0.6) is 0 Å². The van der Waals surface area contributed by atoms with E-state index in [2.05, 4.69) is 5.32 Å². The van der Waals surface area contributed by atoms with Crippen LogP contribution in [0.4, 0.5) is 0 Å². The summed E-state index contributed by atoms with van der Waals surface area (Å²) in [6.07, 6.45) is 0.876. The average molecular weight is 266 g/mol. The summed E-state index contributed by atoms with van der Waals surface area (Å²) in [4.78, 5) is 24.0. The molecule has 0 atom stereocenters. The van der Waals surface area contributed by atoms with E-state index in [0.717, 1.165) is 12.1 Å². The summed E-state index contributed by atoms with van der Waals surface area (Å²) >= 11 is 0. The van der Waals surface area contributed by atoms with E-state index < -0.39 is 0 Å². The minimum Gasteiger partial charge on any atom is -0.461 e. The maximum atomic E-state index is 12.1. The van der Waals surface area contributed by atoms with E-state index in [1.165, 1.54) is 0 Å². The predicted molar refractivity (Wildman–Crippen MR) is 73.5 cm³/mol. The summed E-state index contributed by atoms with van der Waals surface area (Å²) in [5.74, 6) is -0.525. The molecular weight excluding hydrogens is 244 g/mol. The van der Waals surface area contributed by atoms with Crippen LogP contribution < -0.4 is 5.32 Å². The summed E-state index contributed by atoms with van der Waals surface area (Å²) < 4.78 is 6.74. The second kappa shape index (κ2) is 6.41. The molecule has 1 aromatic heterocycles. The van der Waals surface area contributed by atoms with Gasteiger partial charge in [-0.3, -0.25) is 4.79 Å². The number of carbonyl (C=O) groups is 2. The first-order chi connectivity index (χ1) is 8.95. The number of amides is 1. The van der Waals surface area contributed by atoms with Gasteiger partial charge in [-0.15, -0.1) is 0 Å². The fraction of sp³-hybridized carbons (Fsp3) is 0.571. The van der Waals surface area contributed by atoms with E-state index in [1.54, 1.807) is 25.5 Å². The molecule has 5 nitrogen and oxygen atoms in total. The zero-order valence-corrected chi connectivity index (χ0v) is 12.3. The van der Waals surface area contributed by atoms with E-state index in [4.69, 9.17) is 4.74 Å². The van der Waals surface area contributed by atoms with Crippen LogP contribution in [-0.2, 0) is 11.8 Å². The van der Waals surface area contributed by atoms with Gasteiger partial charge in [-0.2, -0.15) is 0 Å². The summed E-state index contributed by atoms with van der Waals surface area (Å²) in [5.41, 5.74) is 2.46. The molecule has 0 aliphatic heterocycles. The molecule has 0 aromatic carbocycles. The van der Waals surface area contributed by atoms with Gasteiger partial charge in [0.25, 0.3) is 5.91 Å². The van der Waals surface area contributed by atoms with Gasteiger partial charge in [-0.1, -0.05) is 6.92 Å². The topological polar surface area (TPSA) is 60.3 Å². The van der Waals surface area contributed by atoms with Gasteiger partial charge in [-0.05, 0) is 32.8 Å². The van der Waals surface area contributed by atoms with Gasteiger partial charge < -0.3 is 14.6 Å². The van der Waals surface area contributed by atoms with Crippen LogP contribution in [0.2, 0.25) is 0 Å². The molecule has 0 radical (unpaired) electrons. The minimum atomic E-state index is -0.389. The molecule has 0 fully saturated rings. The van der Waals surface area contributed by atoms with Crippen LogP contribution in [-0.4, -0.2) is 29.6 Å². The third-order valence-corrected chi connectivity index (χ3v) is 3.16. The van der Waals surface area contributed by atoms with Crippen molar-refractivity contribution in [2.24, 2.45) is 7.05 Å². The van der Waals surface area contributed by atoms with Gasteiger partial charge in [0.05, 0.1) is 12.2 Å². The van der Waals surface area contributed by atoms with Crippen LogP contribution in [0.3, 0.4) is 0 Å². The normalized spacial score (nSPS) is 10.4. The first kappa shape index (κ1) is 15.3. The summed E-state index contributed by atoms with van der Waals surface area (Å²) in [6.45, 7) is 8.31. The molecule has 0 saturated carbocycles. The Labute approximate surface area is 113 Å². The first-order valence-electron chi connectivity index (χ1n) is 6.56.